The first kappa shape index (κ1) is 28.5. The van der Waals surface area contributed by atoms with Crippen LogP contribution in [0.2, 0.25) is 0 Å². The van der Waals surface area contributed by atoms with Crippen LogP contribution in [0.5, 0.6) is 0 Å². The van der Waals surface area contributed by atoms with Gasteiger partial charge in [-0.2, -0.15) is 4.98 Å². The summed E-state index contributed by atoms with van der Waals surface area (Å²) in [6, 6.07) is 1.52. The molecule has 1 aliphatic rings. The number of nitrogens with two attached hydrogens (primary N) is 1. The second kappa shape index (κ2) is 16.8. The summed E-state index contributed by atoms with van der Waals surface area (Å²) in [5.41, 5.74) is 5.43. The molecule has 0 saturated carbocycles. The molecular weight excluding hydrogens is 430 g/mol. The Balaban J connectivity index is 1.44. The SMILES string of the molecule is C=C1C(O)[C@@H](COCCCCCCCCCCCCCCCCC)O[C@H]1n1ccc(N)nc1=O. The predicted octanol–water partition coefficient (Wildman–Crippen LogP) is 5.53. The molecule has 2 heterocycles. The third kappa shape index (κ3) is 10.3. The number of anilines is 1. The normalized spacial score (nSPS) is 20.3. The second-order valence-corrected chi connectivity index (χ2v) is 9.61. The molecule has 0 radical (unpaired) electrons. The van der Waals surface area contributed by atoms with Crippen LogP contribution in [0.25, 0.3) is 0 Å². The smallest absolute Gasteiger partial charge is 0.351 e. The summed E-state index contributed by atoms with van der Waals surface area (Å²) in [5, 5.41) is 10.4. The number of hydrogen-bond donors (Lipinski definition) is 2. The van der Waals surface area contributed by atoms with Gasteiger partial charge in [-0.25, -0.2) is 4.79 Å². The van der Waals surface area contributed by atoms with Crippen molar-refractivity contribution in [3.05, 3.63) is 34.9 Å². The fraction of sp³-hybridized carbons (Fsp3) is 0.778. The van der Waals surface area contributed by atoms with E-state index in [1.165, 1.54) is 100 Å². The van der Waals surface area contributed by atoms with Gasteiger partial charge < -0.3 is 20.3 Å². The van der Waals surface area contributed by atoms with Crippen molar-refractivity contribution in [2.45, 2.75) is 122 Å². The van der Waals surface area contributed by atoms with Gasteiger partial charge in [0, 0.05) is 18.4 Å². The lowest BCUT2D eigenvalue weighted by Crippen LogP contribution is -2.28. The van der Waals surface area contributed by atoms with E-state index < -0.39 is 24.1 Å². The second-order valence-electron chi connectivity index (χ2n) is 9.61. The fourth-order valence-electron chi connectivity index (χ4n) is 4.47. The number of unbranched alkanes of at least 4 members (excludes halogenated alkanes) is 14. The number of aliphatic hydroxyl groups is 1. The maximum absolute atomic E-state index is 12.0. The summed E-state index contributed by atoms with van der Waals surface area (Å²) in [7, 11) is 0. The van der Waals surface area contributed by atoms with Crippen molar-refractivity contribution >= 4 is 5.82 Å². The summed E-state index contributed by atoms with van der Waals surface area (Å²) in [6.07, 6.45) is 19.3. The molecule has 0 aromatic carbocycles. The Morgan fingerprint density at radius 1 is 1.00 bits per heavy atom. The van der Waals surface area contributed by atoms with Crippen LogP contribution in [-0.4, -0.2) is 40.1 Å². The quantitative estimate of drug-likeness (QED) is 0.201. The van der Waals surface area contributed by atoms with E-state index in [0.717, 1.165) is 12.8 Å². The lowest BCUT2D eigenvalue weighted by Gasteiger charge is -2.15. The lowest BCUT2D eigenvalue weighted by molar-refractivity contribution is -0.0630. The van der Waals surface area contributed by atoms with Gasteiger partial charge in [-0.15, -0.1) is 0 Å². The number of ether oxygens (including phenoxy) is 2. The Hall–Kier alpha value is -1.70. The van der Waals surface area contributed by atoms with Crippen molar-refractivity contribution in [2.24, 2.45) is 0 Å². The zero-order valence-corrected chi connectivity index (χ0v) is 21.3. The van der Waals surface area contributed by atoms with Crippen LogP contribution in [0, 0.1) is 0 Å². The molecule has 194 valence electrons. The van der Waals surface area contributed by atoms with Gasteiger partial charge in [-0.05, 0) is 12.5 Å². The molecule has 1 aromatic heterocycles. The third-order valence-electron chi connectivity index (χ3n) is 6.63. The first-order valence-electron chi connectivity index (χ1n) is 13.5. The van der Waals surface area contributed by atoms with Gasteiger partial charge in [0.1, 0.15) is 18.0 Å². The Labute approximate surface area is 205 Å². The standard InChI is InChI=1S/C27H47N3O4/c1-3-4-5-6-7-8-9-10-11-12-13-14-15-16-17-20-33-21-23-25(31)22(2)26(34-23)30-19-18-24(28)29-27(30)32/h18-19,23,25-26,31H,2-17,20-21H2,1H3,(H2,28,29,32)/t23-,25?,26-/m1/s1. The molecular formula is C27H47N3O4. The molecule has 1 saturated heterocycles. The van der Waals surface area contributed by atoms with E-state index in [0.29, 0.717) is 12.2 Å². The highest BCUT2D eigenvalue weighted by molar-refractivity contribution is 5.24. The van der Waals surface area contributed by atoms with Crippen LogP contribution in [0.3, 0.4) is 0 Å². The van der Waals surface area contributed by atoms with E-state index in [4.69, 9.17) is 15.2 Å². The molecule has 0 spiro atoms. The zero-order valence-electron chi connectivity index (χ0n) is 21.3. The van der Waals surface area contributed by atoms with Crippen molar-refractivity contribution < 1.29 is 14.6 Å². The van der Waals surface area contributed by atoms with Crippen molar-refractivity contribution in [3.8, 4) is 0 Å². The van der Waals surface area contributed by atoms with Gasteiger partial charge >= 0.3 is 5.69 Å². The first-order chi connectivity index (χ1) is 16.5. The average Bonchev–Trinajstić information content (AvgIpc) is 3.09. The molecule has 1 fully saturated rings. The van der Waals surface area contributed by atoms with E-state index in [1.807, 2.05) is 0 Å². The van der Waals surface area contributed by atoms with E-state index in [9.17, 15) is 9.90 Å². The fourth-order valence-corrected chi connectivity index (χ4v) is 4.47. The van der Waals surface area contributed by atoms with Crippen LogP contribution in [0.1, 0.15) is 109 Å². The van der Waals surface area contributed by atoms with Crippen molar-refractivity contribution in [2.75, 3.05) is 18.9 Å². The number of rotatable bonds is 19. The molecule has 3 atom stereocenters. The first-order valence-corrected chi connectivity index (χ1v) is 13.5. The highest BCUT2D eigenvalue weighted by Crippen LogP contribution is 2.32. The van der Waals surface area contributed by atoms with Crippen molar-refractivity contribution in [3.63, 3.8) is 0 Å². The highest BCUT2D eigenvalue weighted by Gasteiger charge is 2.39. The van der Waals surface area contributed by atoms with Crippen molar-refractivity contribution in [1.82, 2.24) is 9.55 Å². The van der Waals surface area contributed by atoms with Crippen LogP contribution >= 0.6 is 0 Å². The molecule has 1 aromatic rings. The van der Waals surface area contributed by atoms with Gasteiger partial charge in [-0.3, -0.25) is 4.57 Å². The minimum absolute atomic E-state index is 0.147. The molecule has 1 aliphatic heterocycles. The molecule has 0 bridgehead atoms. The minimum Gasteiger partial charge on any atom is -0.386 e. The van der Waals surface area contributed by atoms with Gasteiger partial charge in [0.05, 0.1) is 6.61 Å². The number of aromatic nitrogens is 2. The maximum atomic E-state index is 12.0. The summed E-state index contributed by atoms with van der Waals surface area (Å²) in [5.74, 6) is 0.147. The van der Waals surface area contributed by atoms with Gasteiger partial charge in [0.15, 0.2) is 6.23 Å². The Morgan fingerprint density at radius 2 is 1.53 bits per heavy atom. The van der Waals surface area contributed by atoms with Crippen molar-refractivity contribution in [1.29, 1.82) is 0 Å². The summed E-state index contributed by atoms with van der Waals surface area (Å²) in [6.45, 7) is 7.07. The average molecular weight is 478 g/mol. The largest absolute Gasteiger partial charge is 0.386 e. The molecule has 7 nitrogen and oxygen atoms in total. The maximum Gasteiger partial charge on any atom is 0.351 e. The summed E-state index contributed by atoms with van der Waals surface area (Å²) < 4.78 is 12.9. The Kier molecular flexibility index (Phi) is 14.1. The number of aliphatic hydroxyl groups excluding tert-OH is 1. The number of hydrogen-bond acceptors (Lipinski definition) is 6. The number of nitrogens with zero attached hydrogens (tertiary/aromatic N) is 2. The summed E-state index contributed by atoms with van der Waals surface area (Å²) >= 11 is 0. The van der Waals surface area contributed by atoms with E-state index in [1.54, 1.807) is 0 Å². The highest BCUT2D eigenvalue weighted by atomic mass is 16.6. The van der Waals surface area contributed by atoms with Gasteiger partial charge in [0.2, 0.25) is 0 Å². The monoisotopic (exact) mass is 477 g/mol. The van der Waals surface area contributed by atoms with E-state index >= 15 is 0 Å². The predicted molar refractivity (Wildman–Crippen MR) is 138 cm³/mol. The van der Waals surface area contributed by atoms with E-state index in [2.05, 4.69) is 18.5 Å². The van der Waals surface area contributed by atoms with Crippen LogP contribution in [0.15, 0.2) is 29.2 Å². The molecule has 0 amide bonds. The molecule has 2 rings (SSSR count). The topological polar surface area (TPSA) is 99.6 Å². The Morgan fingerprint density at radius 3 is 2.06 bits per heavy atom. The van der Waals surface area contributed by atoms with Gasteiger partial charge in [-0.1, -0.05) is 103 Å². The molecule has 7 heteroatoms. The van der Waals surface area contributed by atoms with Crippen LogP contribution in [-0.2, 0) is 9.47 Å². The zero-order chi connectivity index (χ0) is 24.6. The molecule has 34 heavy (non-hydrogen) atoms. The van der Waals surface area contributed by atoms with Crippen LogP contribution in [0.4, 0.5) is 5.82 Å². The molecule has 0 aliphatic carbocycles. The number of nitrogen functional groups attached to an aromatic ring is 1. The Bertz CT molecular complexity index is 752. The van der Waals surface area contributed by atoms with Crippen LogP contribution < -0.4 is 11.4 Å². The molecule has 3 N–H and O–H groups in total. The lowest BCUT2D eigenvalue weighted by atomic mass is 10.0. The molecule has 1 unspecified atom stereocenters. The van der Waals surface area contributed by atoms with Gasteiger partial charge in [0.25, 0.3) is 0 Å². The third-order valence-corrected chi connectivity index (χ3v) is 6.63. The van der Waals surface area contributed by atoms with E-state index in [-0.39, 0.29) is 12.4 Å². The summed E-state index contributed by atoms with van der Waals surface area (Å²) in [4.78, 5) is 15.8. The minimum atomic E-state index is -0.879.